The second-order valence-corrected chi connectivity index (χ2v) is 12.1. The first kappa shape index (κ1) is 43.9. The number of unbranched alkanes of at least 4 members (excludes halogenated alkanes) is 11. The monoisotopic (exact) mass is 654 g/mol. The maximum Gasteiger partial charge on any atom is 0.322 e. The van der Waals surface area contributed by atoms with Gasteiger partial charge in [0.2, 0.25) is 5.91 Å². The van der Waals surface area contributed by atoms with Crippen molar-refractivity contribution in [2.75, 3.05) is 6.54 Å². The van der Waals surface area contributed by atoms with E-state index in [0.717, 1.165) is 103 Å². The van der Waals surface area contributed by atoms with Crippen molar-refractivity contribution in [3.8, 4) is 0 Å². The molecule has 0 aromatic heterocycles. The number of carbonyl (C=O) groups is 3. The van der Waals surface area contributed by atoms with E-state index in [9.17, 15) is 14.4 Å². The fraction of sp³-hybridized carbons (Fsp3) is 0.634. The number of carboxylic acid groups (broad SMARTS) is 1. The second-order valence-electron chi connectivity index (χ2n) is 12.1. The average Bonchev–Trinajstić information content (AvgIpc) is 3.05. The molecule has 266 valence electrons. The third-order valence-electron chi connectivity index (χ3n) is 7.60. The summed E-state index contributed by atoms with van der Waals surface area (Å²) in [5.74, 6) is -1.36. The van der Waals surface area contributed by atoms with Crippen LogP contribution in [0.2, 0.25) is 0 Å². The molecule has 0 spiro atoms. The van der Waals surface area contributed by atoms with Gasteiger partial charge in [-0.25, -0.2) is 0 Å². The van der Waals surface area contributed by atoms with E-state index in [2.05, 4.69) is 92.1 Å². The minimum absolute atomic E-state index is 0.109. The number of allylic oxidation sites excluding steroid dienone is 11. The highest BCUT2D eigenvalue weighted by molar-refractivity contribution is 5.80. The van der Waals surface area contributed by atoms with Crippen molar-refractivity contribution in [3.63, 3.8) is 0 Å². The number of carboxylic acids is 1. The lowest BCUT2D eigenvalue weighted by Gasteiger charge is -2.15. The summed E-state index contributed by atoms with van der Waals surface area (Å²) < 4.78 is 5.83. The molecule has 0 heterocycles. The highest BCUT2D eigenvalue weighted by atomic mass is 16.5. The SMILES string of the molecule is CC/C=C\C/C=C\C/C=C\C/C=C\C/C=C\CCCCCCCC(=O)OC(/C=C\CCCCC)CCCCCCC(=O)NCC(=O)O. The number of esters is 1. The van der Waals surface area contributed by atoms with Crippen LogP contribution in [0, 0.1) is 0 Å². The van der Waals surface area contributed by atoms with Crippen LogP contribution in [-0.4, -0.2) is 35.6 Å². The van der Waals surface area contributed by atoms with Gasteiger partial charge in [0.1, 0.15) is 12.6 Å². The van der Waals surface area contributed by atoms with Crippen molar-refractivity contribution < 1.29 is 24.2 Å². The highest BCUT2D eigenvalue weighted by Crippen LogP contribution is 2.14. The molecule has 6 nitrogen and oxygen atoms in total. The standard InChI is InChI=1S/C41H67NO5/c1-3-5-7-9-10-11-12-13-14-15-16-17-18-19-20-21-22-23-24-26-32-36-41(46)47-38(33-29-25-8-6-4-2)34-30-27-28-31-35-39(43)42-37-40(44)45/h5,7,10-11,13-14,16-17,19-20,29,33,38H,3-4,6,8-9,12,15,18,21-28,30-32,34-37H2,1-2H3,(H,42,43)(H,44,45)/b7-5-,11-10-,14-13-,17-16-,20-19-,33-29-. The fourth-order valence-electron chi connectivity index (χ4n) is 4.86. The molecule has 0 aromatic rings. The largest absolute Gasteiger partial charge is 0.480 e. The van der Waals surface area contributed by atoms with E-state index in [0.29, 0.717) is 12.8 Å². The molecule has 47 heavy (non-hydrogen) atoms. The van der Waals surface area contributed by atoms with E-state index in [1.54, 1.807) is 0 Å². The molecule has 1 amide bonds. The summed E-state index contributed by atoms with van der Waals surface area (Å²) in [6.07, 6.45) is 47.6. The van der Waals surface area contributed by atoms with Gasteiger partial charge in [-0.15, -0.1) is 0 Å². The Bertz CT molecular complexity index is 943. The zero-order chi connectivity index (χ0) is 34.5. The lowest BCUT2D eigenvalue weighted by atomic mass is 10.1. The summed E-state index contributed by atoms with van der Waals surface area (Å²) in [7, 11) is 0. The van der Waals surface area contributed by atoms with Gasteiger partial charge in [0, 0.05) is 12.8 Å². The van der Waals surface area contributed by atoms with Gasteiger partial charge >= 0.3 is 11.9 Å². The van der Waals surface area contributed by atoms with Gasteiger partial charge in [0.05, 0.1) is 0 Å². The lowest BCUT2D eigenvalue weighted by Crippen LogP contribution is -2.28. The number of aliphatic carboxylic acids is 1. The minimum Gasteiger partial charge on any atom is -0.480 e. The molecular weight excluding hydrogens is 586 g/mol. The molecule has 0 saturated carbocycles. The zero-order valence-corrected chi connectivity index (χ0v) is 29.8. The Hall–Kier alpha value is -3.15. The Morgan fingerprint density at radius 2 is 1.11 bits per heavy atom. The third-order valence-corrected chi connectivity index (χ3v) is 7.60. The van der Waals surface area contributed by atoms with E-state index in [4.69, 9.17) is 9.84 Å². The van der Waals surface area contributed by atoms with Crippen LogP contribution < -0.4 is 5.32 Å². The smallest absolute Gasteiger partial charge is 0.322 e. The fourth-order valence-corrected chi connectivity index (χ4v) is 4.86. The predicted molar refractivity (Wildman–Crippen MR) is 198 cm³/mol. The maximum absolute atomic E-state index is 12.5. The van der Waals surface area contributed by atoms with Crippen molar-refractivity contribution in [3.05, 3.63) is 72.9 Å². The van der Waals surface area contributed by atoms with Crippen LogP contribution in [0.5, 0.6) is 0 Å². The zero-order valence-electron chi connectivity index (χ0n) is 29.8. The first-order chi connectivity index (χ1) is 23.0. The second kappa shape index (κ2) is 35.7. The van der Waals surface area contributed by atoms with E-state index < -0.39 is 5.97 Å². The van der Waals surface area contributed by atoms with Crippen molar-refractivity contribution >= 4 is 17.8 Å². The topological polar surface area (TPSA) is 92.7 Å². The molecule has 0 aliphatic rings. The van der Waals surface area contributed by atoms with E-state index >= 15 is 0 Å². The number of carbonyl (C=O) groups excluding carboxylic acids is 2. The predicted octanol–water partition coefficient (Wildman–Crippen LogP) is 11.1. The first-order valence-electron chi connectivity index (χ1n) is 18.6. The number of hydrogen-bond acceptors (Lipinski definition) is 4. The van der Waals surface area contributed by atoms with Crippen LogP contribution in [0.25, 0.3) is 0 Å². The van der Waals surface area contributed by atoms with E-state index in [1.165, 1.54) is 25.7 Å². The summed E-state index contributed by atoms with van der Waals surface area (Å²) in [4.78, 5) is 34.7. The molecule has 0 bridgehead atoms. The summed E-state index contributed by atoms with van der Waals surface area (Å²) in [5.41, 5.74) is 0. The van der Waals surface area contributed by atoms with Gasteiger partial charge in [0.25, 0.3) is 0 Å². The average molecular weight is 654 g/mol. The van der Waals surface area contributed by atoms with Crippen LogP contribution in [0.1, 0.15) is 155 Å². The minimum atomic E-state index is -1.03. The van der Waals surface area contributed by atoms with Gasteiger partial charge < -0.3 is 15.2 Å². The molecule has 0 fully saturated rings. The summed E-state index contributed by atoms with van der Waals surface area (Å²) in [6.45, 7) is 4.01. The molecule has 0 aliphatic carbocycles. The molecule has 0 rings (SSSR count). The maximum atomic E-state index is 12.5. The molecule has 1 unspecified atom stereocenters. The van der Waals surface area contributed by atoms with Crippen LogP contribution in [0.3, 0.4) is 0 Å². The van der Waals surface area contributed by atoms with Crippen molar-refractivity contribution in [1.29, 1.82) is 0 Å². The molecule has 0 radical (unpaired) electrons. The number of rotatable bonds is 32. The summed E-state index contributed by atoms with van der Waals surface area (Å²) in [6, 6.07) is 0. The van der Waals surface area contributed by atoms with Gasteiger partial charge in [-0.2, -0.15) is 0 Å². The third kappa shape index (κ3) is 35.5. The van der Waals surface area contributed by atoms with E-state index in [1.807, 2.05) is 0 Å². The van der Waals surface area contributed by atoms with Crippen molar-refractivity contribution in [1.82, 2.24) is 5.32 Å². The van der Waals surface area contributed by atoms with Gasteiger partial charge in [0.15, 0.2) is 0 Å². The number of amides is 1. The molecule has 0 aliphatic heterocycles. The molecule has 0 aromatic carbocycles. The molecule has 1 atom stereocenters. The Labute approximate surface area is 287 Å². The molecule has 6 heteroatoms. The lowest BCUT2D eigenvalue weighted by molar-refractivity contribution is -0.147. The van der Waals surface area contributed by atoms with Crippen molar-refractivity contribution in [2.24, 2.45) is 0 Å². The Balaban J connectivity index is 4.01. The normalized spacial score (nSPS) is 12.9. The van der Waals surface area contributed by atoms with Crippen LogP contribution in [0.4, 0.5) is 0 Å². The Morgan fingerprint density at radius 3 is 1.72 bits per heavy atom. The van der Waals surface area contributed by atoms with Crippen LogP contribution in [0.15, 0.2) is 72.9 Å². The Kier molecular flexibility index (Phi) is 33.3. The van der Waals surface area contributed by atoms with Gasteiger partial charge in [-0.3, -0.25) is 14.4 Å². The highest BCUT2D eigenvalue weighted by Gasteiger charge is 2.12. The quantitative estimate of drug-likeness (QED) is 0.0428. The summed E-state index contributed by atoms with van der Waals surface area (Å²) in [5, 5.41) is 11.0. The Morgan fingerprint density at radius 1 is 0.596 bits per heavy atom. The van der Waals surface area contributed by atoms with Crippen LogP contribution >= 0.6 is 0 Å². The first-order valence-corrected chi connectivity index (χ1v) is 18.6. The molecule has 0 saturated heterocycles. The van der Waals surface area contributed by atoms with Crippen molar-refractivity contribution in [2.45, 2.75) is 161 Å². The number of hydrogen-bond donors (Lipinski definition) is 2. The van der Waals surface area contributed by atoms with Gasteiger partial charge in [-0.1, -0.05) is 126 Å². The molecule has 2 N–H and O–H groups in total. The molecular formula is C41H67NO5. The van der Waals surface area contributed by atoms with E-state index in [-0.39, 0.29) is 24.5 Å². The van der Waals surface area contributed by atoms with Gasteiger partial charge in [-0.05, 0) is 89.5 Å². The van der Waals surface area contributed by atoms with Crippen LogP contribution in [-0.2, 0) is 19.1 Å². The number of ether oxygens (including phenoxy) is 1. The summed E-state index contributed by atoms with van der Waals surface area (Å²) >= 11 is 0. The number of nitrogens with one attached hydrogen (secondary N) is 1.